The molecule has 5 rings (SSSR count). The fourth-order valence-corrected chi connectivity index (χ4v) is 7.88. The first kappa shape index (κ1) is 27.6. The van der Waals surface area contributed by atoms with Gasteiger partial charge in [0, 0.05) is 24.7 Å². The molecule has 39 heavy (non-hydrogen) atoms. The summed E-state index contributed by atoms with van der Waals surface area (Å²) in [6.07, 6.45) is -2.09. The second-order valence-corrected chi connectivity index (χ2v) is 13.0. The maximum atomic E-state index is 13.7. The Morgan fingerprint density at radius 3 is 2.51 bits per heavy atom. The lowest BCUT2D eigenvalue weighted by Gasteiger charge is -2.41. The van der Waals surface area contributed by atoms with Crippen molar-refractivity contribution >= 4 is 26.8 Å². The average molecular weight is 563 g/mol. The van der Waals surface area contributed by atoms with Crippen LogP contribution in [0.2, 0.25) is 0 Å². The number of H-pyrrole nitrogens is 1. The van der Waals surface area contributed by atoms with Crippen molar-refractivity contribution in [1.82, 2.24) is 20.2 Å². The first-order chi connectivity index (χ1) is 18.4. The molecule has 2 N–H and O–H groups in total. The lowest BCUT2D eigenvalue weighted by atomic mass is 9.81. The zero-order valence-corrected chi connectivity index (χ0v) is 22.7. The van der Waals surface area contributed by atoms with Gasteiger partial charge in [0.1, 0.15) is 11.3 Å². The molecule has 1 aromatic heterocycles. The third-order valence-electron chi connectivity index (χ3n) is 7.85. The average Bonchev–Trinajstić information content (AvgIpc) is 3.46. The summed E-state index contributed by atoms with van der Waals surface area (Å²) in [5.41, 5.74) is -0.802. The van der Waals surface area contributed by atoms with Crippen LogP contribution in [0.3, 0.4) is 0 Å². The molecular weight excluding hydrogens is 529 g/mol. The molecule has 1 saturated carbocycles. The van der Waals surface area contributed by atoms with E-state index < -0.39 is 27.5 Å². The molecule has 2 aliphatic rings. The minimum atomic E-state index is -4.56. The van der Waals surface area contributed by atoms with Gasteiger partial charge in [0.2, 0.25) is 5.91 Å². The summed E-state index contributed by atoms with van der Waals surface area (Å²) in [5.74, 6) is -1.05. The van der Waals surface area contributed by atoms with Gasteiger partial charge in [-0.1, -0.05) is 38.1 Å². The van der Waals surface area contributed by atoms with E-state index in [2.05, 4.69) is 15.3 Å². The highest BCUT2D eigenvalue weighted by Gasteiger charge is 2.44. The minimum absolute atomic E-state index is 0.0774. The van der Waals surface area contributed by atoms with Gasteiger partial charge in [0.05, 0.1) is 27.6 Å². The van der Waals surface area contributed by atoms with E-state index in [1.165, 1.54) is 12.1 Å². The third-order valence-corrected chi connectivity index (χ3v) is 9.71. The van der Waals surface area contributed by atoms with E-state index in [0.717, 1.165) is 12.5 Å². The second-order valence-electron chi connectivity index (χ2n) is 10.9. The van der Waals surface area contributed by atoms with E-state index in [4.69, 9.17) is 0 Å². The number of aromatic nitrogens is 2. The monoisotopic (exact) mass is 562 g/mol. The van der Waals surface area contributed by atoms with Crippen molar-refractivity contribution in [2.24, 2.45) is 5.92 Å². The molecular formula is C28H33F3N4O3S. The zero-order valence-electron chi connectivity index (χ0n) is 21.9. The Hall–Kier alpha value is -2.92. The Labute approximate surface area is 226 Å². The maximum Gasteiger partial charge on any atom is 0.418 e. The number of likely N-dealkylation sites (tertiary alicyclic amines) is 1. The molecule has 11 heteroatoms. The van der Waals surface area contributed by atoms with Gasteiger partial charge in [-0.3, -0.25) is 4.79 Å². The number of para-hydroxylation sites is 1. The largest absolute Gasteiger partial charge is 0.418 e. The van der Waals surface area contributed by atoms with Crippen LogP contribution in [0, 0.1) is 5.92 Å². The number of benzene rings is 2. The quantitative estimate of drug-likeness (QED) is 0.427. The predicted molar refractivity (Wildman–Crippen MR) is 142 cm³/mol. The van der Waals surface area contributed by atoms with Crippen molar-refractivity contribution in [2.45, 2.75) is 74.6 Å². The van der Waals surface area contributed by atoms with Crippen LogP contribution in [-0.4, -0.2) is 59.6 Å². The summed E-state index contributed by atoms with van der Waals surface area (Å²) in [7, 11) is -3.58. The molecule has 1 saturated heterocycles. The van der Waals surface area contributed by atoms with Gasteiger partial charge in [0.25, 0.3) is 0 Å². The Morgan fingerprint density at radius 1 is 1.08 bits per heavy atom. The standard InChI is InChI=1S/C28H33F3N4O3S/c1-17(2)32-19-11-12-24(18(15-19)16-39(37,38)20-7-4-3-5-8-20)35-14-13-21(27(35)36)26-33-23-10-6-9-22(25(23)34-26)28(29,30)31/h3-10,17-19,21,24,32H,11-16H2,1-2H3,(H,33,34). The first-order valence-corrected chi connectivity index (χ1v) is 15.0. The highest BCUT2D eigenvalue weighted by molar-refractivity contribution is 7.91. The minimum Gasteiger partial charge on any atom is -0.341 e. The van der Waals surface area contributed by atoms with Crippen molar-refractivity contribution < 1.29 is 26.4 Å². The molecule has 1 aliphatic carbocycles. The molecule has 7 nitrogen and oxygen atoms in total. The van der Waals surface area contributed by atoms with Gasteiger partial charge in [-0.25, -0.2) is 13.4 Å². The zero-order chi connectivity index (χ0) is 27.9. The number of hydrogen-bond acceptors (Lipinski definition) is 5. The molecule has 2 aromatic carbocycles. The van der Waals surface area contributed by atoms with Crippen molar-refractivity contribution in [1.29, 1.82) is 0 Å². The van der Waals surface area contributed by atoms with Crippen molar-refractivity contribution in [3.63, 3.8) is 0 Å². The summed E-state index contributed by atoms with van der Waals surface area (Å²) in [5, 5.41) is 3.52. The van der Waals surface area contributed by atoms with E-state index in [-0.39, 0.29) is 57.5 Å². The van der Waals surface area contributed by atoms with Gasteiger partial charge in [-0.05, 0) is 55.9 Å². The smallest absolute Gasteiger partial charge is 0.341 e. The summed E-state index contributed by atoms with van der Waals surface area (Å²) < 4.78 is 67.2. The Balaban J connectivity index is 1.40. The number of halogens is 3. The van der Waals surface area contributed by atoms with Gasteiger partial charge in [0.15, 0.2) is 9.84 Å². The third kappa shape index (κ3) is 5.70. The molecule has 0 spiro atoms. The number of carbonyl (C=O) groups excluding carboxylic acids is 1. The molecule has 1 amide bonds. The molecule has 1 aliphatic heterocycles. The topological polar surface area (TPSA) is 95.2 Å². The maximum absolute atomic E-state index is 13.7. The van der Waals surface area contributed by atoms with Crippen LogP contribution < -0.4 is 5.32 Å². The van der Waals surface area contributed by atoms with Crippen LogP contribution in [0.5, 0.6) is 0 Å². The lowest BCUT2D eigenvalue weighted by molar-refractivity contribution is -0.136. The van der Waals surface area contributed by atoms with Gasteiger partial charge in [-0.15, -0.1) is 0 Å². The Morgan fingerprint density at radius 2 is 1.82 bits per heavy atom. The number of imidazole rings is 1. The van der Waals surface area contributed by atoms with Crippen LogP contribution >= 0.6 is 0 Å². The second kappa shape index (κ2) is 10.6. The molecule has 2 fully saturated rings. The fraction of sp³-hybridized carbons (Fsp3) is 0.500. The van der Waals surface area contributed by atoms with Crippen LogP contribution in [-0.2, 0) is 20.8 Å². The summed E-state index contributed by atoms with van der Waals surface area (Å²) in [4.78, 5) is 22.9. The number of alkyl halides is 3. The molecule has 0 bridgehead atoms. The van der Waals surface area contributed by atoms with Crippen LogP contribution in [0.25, 0.3) is 11.0 Å². The Bertz CT molecular complexity index is 1440. The van der Waals surface area contributed by atoms with Crippen LogP contribution in [0.1, 0.15) is 56.8 Å². The highest BCUT2D eigenvalue weighted by atomic mass is 32.2. The molecule has 4 unspecified atom stereocenters. The predicted octanol–water partition coefficient (Wildman–Crippen LogP) is 4.91. The van der Waals surface area contributed by atoms with E-state index >= 15 is 0 Å². The van der Waals surface area contributed by atoms with E-state index in [0.29, 0.717) is 25.8 Å². The Kier molecular flexibility index (Phi) is 7.49. The molecule has 210 valence electrons. The van der Waals surface area contributed by atoms with Gasteiger partial charge >= 0.3 is 6.18 Å². The molecule has 4 atom stereocenters. The number of nitrogens with zero attached hydrogens (tertiary/aromatic N) is 2. The highest BCUT2D eigenvalue weighted by Crippen LogP contribution is 2.39. The first-order valence-electron chi connectivity index (χ1n) is 13.3. The van der Waals surface area contributed by atoms with Crippen molar-refractivity contribution in [2.75, 3.05) is 12.3 Å². The van der Waals surface area contributed by atoms with Crippen LogP contribution in [0.4, 0.5) is 13.2 Å². The molecule has 3 aromatic rings. The number of hydrogen-bond donors (Lipinski definition) is 2. The van der Waals surface area contributed by atoms with Gasteiger partial charge < -0.3 is 15.2 Å². The summed E-state index contributed by atoms with van der Waals surface area (Å²) >= 11 is 0. The normalized spacial score (nSPS) is 24.7. The molecule has 0 radical (unpaired) electrons. The molecule has 2 heterocycles. The summed E-state index contributed by atoms with van der Waals surface area (Å²) in [6, 6.07) is 12.3. The van der Waals surface area contributed by atoms with E-state index in [1.54, 1.807) is 35.2 Å². The number of aromatic amines is 1. The lowest BCUT2D eigenvalue weighted by Crippen LogP contribution is -2.51. The number of fused-ring (bicyclic) bond motifs is 1. The van der Waals surface area contributed by atoms with Crippen molar-refractivity contribution in [3.8, 4) is 0 Å². The van der Waals surface area contributed by atoms with Crippen LogP contribution in [0.15, 0.2) is 53.4 Å². The number of sulfone groups is 1. The van der Waals surface area contributed by atoms with Gasteiger partial charge in [-0.2, -0.15) is 13.2 Å². The van der Waals surface area contributed by atoms with E-state index in [1.807, 2.05) is 13.8 Å². The number of amides is 1. The van der Waals surface area contributed by atoms with E-state index in [9.17, 15) is 26.4 Å². The SMILES string of the molecule is CC(C)NC1CCC(N2CCC(c3nc4c(C(F)(F)F)cccc4[nH]3)C2=O)C(CS(=O)(=O)c2ccccc2)C1. The number of nitrogens with one attached hydrogen (secondary N) is 2. The summed E-state index contributed by atoms with van der Waals surface area (Å²) in [6.45, 7) is 4.50. The number of carbonyl (C=O) groups is 1. The fourth-order valence-electron chi connectivity index (χ4n) is 6.20. The van der Waals surface area contributed by atoms with Crippen molar-refractivity contribution in [3.05, 3.63) is 59.9 Å². The number of rotatable bonds is 7.